The minimum Gasteiger partial charge on any atom is -0.341 e. The summed E-state index contributed by atoms with van der Waals surface area (Å²) in [5.41, 5.74) is 0. The summed E-state index contributed by atoms with van der Waals surface area (Å²) in [4.78, 5) is 14.0. The SMILES string of the molecule is CC1CC(C(=O)N(C)C2CCS(=O)(=O)C2)CCN1. The van der Waals surface area contributed by atoms with Gasteiger partial charge in [-0.15, -0.1) is 0 Å². The van der Waals surface area contributed by atoms with Crippen molar-refractivity contribution in [2.75, 3.05) is 25.1 Å². The molecular weight excluding hydrogens is 252 g/mol. The molecule has 2 heterocycles. The molecule has 0 radical (unpaired) electrons. The Morgan fingerprint density at radius 3 is 2.61 bits per heavy atom. The number of hydrogen-bond acceptors (Lipinski definition) is 4. The minimum absolute atomic E-state index is 0.0505. The van der Waals surface area contributed by atoms with E-state index >= 15 is 0 Å². The lowest BCUT2D eigenvalue weighted by Gasteiger charge is -2.32. The molecule has 3 atom stereocenters. The molecule has 104 valence electrons. The van der Waals surface area contributed by atoms with Crippen LogP contribution in [0.4, 0.5) is 0 Å². The normalized spacial score (nSPS) is 35.3. The predicted octanol–water partition coefficient (Wildman–Crippen LogP) is 0.0200. The Morgan fingerprint density at radius 1 is 1.33 bits per heavy atom. The van der Waals surface area contributed by atoms with Crippen molar-refractivity contribution in [2.45, 2.75) is 38.3 Å². The quantitative estimate of drug-likeness (QED) is 0.771. The summed E-state index contributed by atoms with van der Waals surface area (Å²) in [7, 11) is -1.17. The molecule has 2 saturated heterocycles. The molecule has 5 nitrogen and oxygen atoms in total. The summed E-state index contributed by atoms with van der Waals surface area (Å²) in [5.74, 6) is 0.522. The van der Waals surface area contributed by atoms with Gasteiger partial charge in [-0.05, 0) is 32.7 Å². The third-order valence-corrected chi connectivity index (χ3v) is 5.83. The first kappa shape index (κ1) is 13.8. The summed E-state index contributed by atoms with van der Waals surface area (Å²) in [6.07, 6.45) is 2.29. The molecule has 0 saturated carbocycles. The first-order valence-electron chi connectivity index (χ1n) is 6.59. The van der Waals surface area contributed by atoms with Gasteiger partial charge < -0.3 is 10.2 Å². The molecular formula is C12H22N2O3S. The molecule has 18 heavy (non-hydrogen) atoms. The van der Waals surface area contributed by atoms with Crippen LogP contribution in [0.1, 0.15) is 26.2 Å². The first-order chi connectivity index (χ1) is 8.39. The van der Waals surface area contributed by atoms with Crippen molar-refractivity contribution in [3.63, 3.8) is 0 Å². The highest BCUT2D eigenvalue weighted by Gasteiger charge is 2.35. The van der Waals surface area contributed by atoms with E-state index in [4.69, 9.17) is 0 Å². The van der Waals surface area contributed by atoms with Gasteiger partial charge in [0.15, 0.2) is 9.84 Å². The average Bonchev–Trinajstić information content (AvgIpc) is 2.68. The van der Waals surface area contributed by atoms with E-state index in [1.807, 2.05) is 0 Å². The van der Waals surface area contributed by atoms with Crippen LogP contribution in [0.15, 0.2) is 0 Å². The molecule has 2 aliphatic rings. The largest absolute Gasteiger partial charge is 0.341 e. The van der Waals surface area contributed by atoms with E-state index in [1.165, 1.54) is 0 Å². The topological polar surface area (TPSA) is 66.5 Å². The molecule has 1 amide bonds. The summed E-state index contributed by atoms with van der Waals surface area (Å²) >= 11 is 0. The number of nitrogens with zero attached hydrogens (tertiary/aromatic N) is 1. The number of hydrogen-bond donors (Lipinski definition) is 1. The predicted molar refractivity (Wildman–Crippen MR) is 70.0 cm³/mol. The number of carbonyl (C=O) groups is 1. The maximum absolute atomic E-state index is 12.3. The highest BCUT2D eigenvalue weighted by molar-refractivity contribution is 7.91. The third-order valence-electron chi connectivity index (χ3n) is 4.08. The lowest BCUT2D eigenvalue weighted by Crippen LogP contribution is -2.46. The number of carbonyl (C=O) groups excluding carboxylic acids is 1. The fraction of sp³-hybridized carbons (Fsp3) is 0.917. The fourth-order valence-electron chi connectivity index (χ4n) is 2.90. The summed E-state index contributed by atoms with van der Waals surface area (Å²) in [5, 5.41) is 3.32. The fourth-order valence-corrected chi connectivity index (χ4v) is 4.68. The summed E-state index contributed by atoms with van der Waals surface area (Å²) in [6.45, 7) is 2.95. The molecule has 2 aliphatic heterocycles. The molecule has 3 unspecified atom stereocenters. The standard InChI is InChI=1S/C12H22N2O3S/c1-9-7-10(3-5-13-9)12(15)14(2)11-4-6-18(16,17)8-11/h9-11,13H,3-8H2,1-2H3. The van der Waals surface area contributed by atoms with Gasteiger partial charge in [0.2, 0.25) is 5.91 Å². The van der Waals surface area contributed by atoms with Crippen LogP contribution in [-0.2, 0) is 14.6 Å². The van der Waals surface area contributed by atoms with Crippen molar-refractivity contribution in [1.82, 2.24) is 10.2 Å². The molecule has 0 spiro atoms. The first-order valence-corrected chi connectivity index (χ1v) is 8.41. The molecule has 0 aromatic carbocycles. The van der Waals surface area contributed by atoms with E-state index in [9.17, 15) is 13.2 Å². The molecule has 6 heteroatoms. The van der Waals surface area contributed by atoms with E-state index in [0.29, 0.717) is 12.5 Å². The Hall–Kier alpha value is -0.620. The highest BCUT2D eigenvalue weighted by atomic mass is 32.2. The van der Waals surface area contributed by atoms with Crippen LogP contribution >= 0.6 is 0 Å². The maximum Gasteiger partial charge on any atom is 0.225 e. The van der Waals surface area contributed by atoms with Gasteiger partial charge >= 0.3 is 0 Å². The average molecular weight is 274 g/mol. The van der Waals surface area contributed by atoms with Crippen molar-refractivity contribution in [3.8, 4) is 0 Å². The van der Waals surface area contributed by atoms with E-state index in [-0.39, 0.29) is 29.4 Å². The number of nitrogens with one attached hydrogen (secondary N) is 1. The number of sulfone groups is 1. The Morgan fingerprint density at radius 2 is 2.06 bits per heavy atom. The van der Waals surface area contributed by atoms with Gasteiger partial charge in [-0.3, -0.25) is 4.79 Å². The van der Waals surface area contributed by atoms with Crippen molar-refractivity contribution in [3.05, 3.63) is 0 Å². The second kappa shape index (κ2) is 5.17. The summed E-state index contributed by atoms with van der Waals surface area (Å²) in [6, 6.07) is 0.251. The molecule has 1 N–H and O–H groups in total. The van der Waals surface area contributed by atoms with Gasteiger partial charge in [-0.2, -0.15) is 0 Å². The van der Waals surface area contributed by atoms with Crippen LogP contribution in [0.5, 0.6) is 0 Å². The zero-order chi connectivity index (χ0) is 13.3. The Balaban J connectivity index is 1.96. The Kier molecular flexibility index (Phi) is 3.96. The van der Waals surface area contributed by atoms with Crippen LogP contribution in [0.2, 0.25) is 0 Å². The van der Waals surface area contributed by atoms with Crippen LogP contribution < -0.4 is 5.32 Å². The van der Waals surface area contributed by atoms with Crippen LogP contribution in [-0.4, -0.2) is 56.4 Å². The third kappa shape index (κ3) is 3.03. The van der Waals surface area contributed by atoms with E-state index in [1.54, 1.807) is 11.9 Å². The van der Waals surface area contributed by atoms with Gasteiger partial charge in [0.25, 0.3) is 0 Å². The van der Waals surface area contributed by atoms with Crippen LogP contribution in [0.3, 0.4) is 0 Å². The second-order valence-corrected chi connectivity index (χ2v) is 7.81. The Bertz CT molecular complexity index is 421. The van der Waals surface area contributed by atoms with Crippen molar-refractivity contribution < 1.29 is 13.2 Å². The highest BCUT2D eigenvalue weighted by Crippen LogP contribution is 2.23. The molecule has 2 fully saturated rings. The van der Waals surface area contributed by atoms with E-state index < -0.39 is 9.84 Å². The Labute approximate surface area is 109 Å². The number of rotatable bonds is 2. The van der Waals surface area contributed by atoms with Gasteiger partial charge in [0.1, 0.15) is 0 Å². The maximum atomic E-state index is 12.3. The van der Waals surface area contributed by atoms with Gasteiger partial charge in [0.05, 0.1) is 11.5 Å². The molecule has 0 aromatic rings. The van der Waals surface area contributed by atoms with Crippen molar-refractivity contribution in [1.29, 1.82) is 0 Å². The van der Waals surface area contributed by atoms with Crippen molar-refractivity contribution in [2.24, 2.45) is 5.92 Å². The van der Waals surface area contributed by atoms with Gasteiger partial charge in [-0.1, -0.05) is 0 Å². The van der Waals surface area contributed by atoms with E-state index in [2.05, 4.69) is 12.2 Å². The van der Waals surface area contributed by atoms with Crippen LogP contribution in [0, 0.1) is 5.92 Å². The monoisotopic (exact) mass is 274 g/mol. The van der Waals surface area contributed by atoms with Gasteiger partial charge in [0, 0.05) is 25.0 Å². The number of piperidine rings is 1. The van der Waals surface area contributed by atoms with Crippen LogP contribution in [0.25, 0.3) is 0 Å². The second-order valence-electron chi connectivity index (χ2n) is 5.58. The molecule has 0 aromatic heterocycles. The molecule has 0 aliphatic carbocycles. The zero-order valence-corrected chi connectivity index (χ0v) is 11.9. The zero-order valence-electron chi connectivity index (χ0n) is 11.1. The number of amides is 1. The lowest BCUT2D eigenvalue weighted by atomic mass is 9.91. The summed E-state index contributed by atoms with van der Waals surface area (Å²) < 4.78 is 22.9. The molecule has 2 rings (SSSR count). The molecule has 0 bridgehead atoms. The lowest BCUT2D eigenvalue weighted by molar-refractivity contribution is -0.137. The van der Waals surface area contributed by atoms with Gasteiger partial charge in [-0.25, -0.2) is 8.42 Å². The van der Waals surface area contributed by atoms with E-state index in [0.717, 1.165) is 19.4 Å². The smallest absolute Gasteiger partial charge is 0.225 e. The van der Waals surface area contributed by atoms with Crippen molar-refractivity contribution >= 4 is 15.7 Å². The minimum atomic E-state index is -2.92.